The van der Waals surface area contributed by atoms with Crippen LogP contribution in [0.2, 0.25) is 0 Å². The van der Waals surface area contributed by atoms with Crippen LogP contribution in [0.15, 0.2) is 18.7 Å². The highest BCUT2D eigenvalue weighted by Gasteiger charge is 1.95. The van der Waals surface area contributed by atoms with Gasteiger partial charge in [-0.2, -0.15) is 0 Å². The first kappa shape index (κ1) is 7.75. The van der Waals surface area contributed by atoms with Gasteiger partial charge < -0.3 is 5.43 Å². The van der Waals surface area contributed by atoms with Gasteiger partial charge in [0.15, 0.2) is 0 Å². The van der Waals surface area contributed by atoms with Gasteiger partial charge in [0.2, 0.25) is 0 Å². The minimum Gasteiger partial charge on any atom is -0.308 e. The molecule has 3 nitrogen and oxygen atoms in total. The summed E-state index contributed by atoms with van der Waals surface area (Å²) in [5.41, 5.74) is 4.43. The fourth-order valence-corrected chi connectivity index (χ4v) is 0.868. The predicted molar refractivity (Wildman–Crippen MR) is 46.9 cm³/mol. The van der Waals surface area contributed by atoms with Gasteiger partial charge in [-0.25, -0.2) is 10.8 Å². The van der Waals surface area contributed by atoms with Gasteiger partial charge in [0, 0.05) is 5.69 Å². The van der Waals surface area contributed by atoms with Crippen molar-refractivity contribution in [3.8, 4) is 0 Å². The van der Waals surface area contributed by atoms with Crippen molar-refractivity contribution in [3.63, 3.8) is 0 Å². The first-order valence-electron chi connectivity index (χ1n) is 3.34. The Balaban J connectivity index is 3.09. The Kier molecular flexibility index (Phi) is 2.23. The quantitative estimate of drug-likeness (QED) is 0.492. The minimum atomic E-state index is 0.674. The summed E-state index contributed by atoms with van der Waals surface area (Å²) in [5.74, 6) is 5.85. The Morgan fingerprint density at radius 3 is 2.82 bits per heavy atom. The third-order valence-corrected chi connectivity index (χ3v) is 1.49. The maximum atomic E-state index is 5.17. The Bertz CT molecular complexity index is 268. The van der Waals surface area contributed by atoms with Crippen LogP contribution >= 0.6 is 0 Å². The predicted octanol–water partition coefficient (Wildman–Crippen LogP) is 1.32. The van der Waals surface area contributed by atoms with Crippen molar-refractivity contribution < 1.29 is 0 Å². The molecule has 58 valence electrons. The fourth-order valence-electron chi connectivity index (χ4n) is 0.868. The SMILES string of the molecule is C=Cc1ccc(NN)nc1C. The maximum absolute atomic E-state index is 5.17. The van der Waals surface area contributed by atoms with E-state index in [1.807, 2.05) is 19.1 Å². The fraction of sp³-hybridized carbons (Fsp3) is 0.125. The van der Waals surface area contributed by atoms with Crippen LogP contribution in [0.1, 0.15) is 11.3 Å². The second-order valence-electron chi connectivity index (χ2n) is 2.22. The zero-order chi connectivity index (χ0) is 8.27. The molecule has 1 rings (SSSR count). The number of nitrogens with zero attached hydrogens (tertiary/aromatic N) is 1. The van der Waals surface area contributed by atoms with E-state index in [2.05, 4.69) is 17.0 Å². The number of nitrogen functional groups attached to an aromatic ring is 1. The molecule has 1 heterocycles. The molecule has 0 fully saturated rings. The van der Waals surface area contributed by atoms with Gasteiger partial charge in [-0.3, -0.25) is 0 Å². The molecule has 0 atom stereocenters. The average molecular weight is 149 g/mol. The number of hydrazine groups is 1. The number of aryl methyl sites for hydroxylation is 1. The van der Waals surface area contributed by atoms with Gasteiger partial charge in [-0.15, -0.1) is 0 Å². The van der Waals surface area contributed by atoms with E-state index >= 15 is 0 Å². The van der Waals surface area contributed by atoms with Crippen molar-refractivity contribution in [1.29, 1.82) is 0 Å². The lowest BCUT2D eigenvalue weighted by Crippen LogP contribution is -2.08. The molecule has 0 aliphatic heterocycles. The van der Waals surface area contributed by atoms with Gasteiger partial charge >= 0.3 is 0 Å². The topological polar surface area (TPSA) is 50.9 Å². The summed E-state index contributed by atoms with van der Waals surface area (Å²) in [6.45, 7) is 5.57. The van der Waals surface area contributed by atoms with Crippen molar-refractivity contribution in [1.82, 2.24) is 4.98 Å². The lowest BCUT2D eigenvalue weighted by Gasteiger charge is -2.02. The van der Waals surface area contributed by atoms with Crippen LogP contribution in [0, 0.1) is 6.92 Å². The van der Waals surface area contributed by atoms with E-state index in [-0.39, 0.29) is 0 Å². The van der Waals surface area contributed by atoms with E-state index in [0.29, 0.717) is 5.82 Å². The van der Waals surface area contributed by atoms with Crippen molar-refractivity contribution in [2.24, 2.45) is 5.84 Å². The van der Waals surface area contributed by atoms with Crippen LogP contribution in [0.25, 0.3) is 6.08 Å². The van der Waals surface area contributed by atoms with Gasteiger partial charge in [-0.1, -0.05) is 12.7 Å². The number of pyridine rings is 1. The number of rotatable bonds is 2. The minimum absolute atomic E-state index is 0.674. The monoisotopic (exact) mass is 149 g/mol. The van der Waals surface area contributed by atoms with Crippen molar-refractivity contribution in [2.45, 2.75) is 6.92 Å². The highest BCUT2D eigenvalue weighted by Crippen LogP contribution is 2.09. The number of nitrogens with one attached hydrogen (secondary N) is 1. The van der Waals surface area contributed by atoms with Crippen LogP contribution in [0.3, 0.4) is 0 Å². The highest BCUT2D eigenvalue weighted by atomic mass is 15.2. The Labute approximate surface area is 65.9 Å². The molecule has 0 radical (unpaired) electrons. The Hall–Kier alpha value is -1.35. The highest BCUT2D eigenvalue weighted by molar-refractivity contribution is 5.52. The van der Waals surface area contributed by atoms with Crippen molar-refractivity contribution >= 4 is 11.9 Å². The molecule has 0 amide bonds. The van der Waals surface area contributed by atoms with Crippen LogP contribution in [0.4, 0.5) is 5.82 Å². The van der Waals surface area contributed by atoms with Crippen molar-refractivity contribution in [3.05, 3.63) is 30.0 Å². The number of nitrogens with two attached hydrogens (primary N) is 1. The van der Waals surface area contributed by atoms with E-state index < -0.39 is 0 Å². The van der Waals surface area contributed by atoms with Gasteiger partial charge in [0.25, 0.3) is 0 Å². The number of anilines is 1. The molecular weight excluding hydrogens is 138 g/mol. The largest absolute Gasteiger partial charge is 0.308 e. The number of aromatic nitrogens is 1. The van der Waals surface area contributed by atoms with E-state index in [1.54, 1.807) is 6.08 Å². The maximum Gasteiger partial charge on any atom is 0.140 e. The summed E-state index contributed by atoms with van der Waals surface area (Å²) in [4.78, 5) is 4.16. The zero-order valence-electron chi connectivity index (χ0n) is 6.46. The molecule has 1 aromatic heterocycles. The lowest BCUT2D eigenvalue weighted by atomic mass is 10.2. The normalized spacial score (nSPS) is 9.27. The smallest absolute Gasteiger partial charge is 0.140 e. The number of hydrogen-bond acceptors (Lipinski definition) is 3. The summed E-state index contributed by atoms with van der Waals surface area (Å²) in [7, 11) is 0. The molecule has 0 bridgehead atoms. The summed E-state index contributed by atoms with van der Waals surface area (Å²) >= 11 is 0. The second-order valence-corrected chi connectivity index (χ2v) is 2.22. The standard InChI is InChI=1S/C8H11N3/c1-3-7-4-5-8(11-9)10-6(7)2/h3-5H,1,9H2,2H3,(H,10,11). The van der Waals surface area contributed by atoms with Gasteiger partial charge in [0.05, 0.1) is 0 Å². The number of hydrogen-bond donors (Lipinski definition) is 2. The molecule has 0 saturated carbocycles. The second kappa shape index (κ2) is 3.16. The lowest BCUT2D eigenvalue weighted by molar-refractivity contribution is 1.15. The summed E-state index contributed by atoms with van der Waals surface area (Å²) in [6, 6.07) is 3.73. The third kappa shape index (κ3) is 1.56. The molecule has 0 spiro atoms. The van der Waals surface area contributed by atoms with Crippen molar-refractivity contribution in [2.75, 3.05) is 5.43 Å². The molecule has 3 heteroatoms. The van der Waals surface area contributed by atoms with E-state index in [4.69, 9.17) is 5.84 Å². The van der Waals surface area contributed by atoms with Crippen LogP contribution in [-0.2, 0) is 0 Å². The van der Waals surface area contributed by atoms with Gasteiger partial charge in [-0.05, 0) is 24.6 Å². The molecule has 0 unspecified atom stereocenters. The molecule has 11 heavy (non-hydrogen) atoms. The molecule has 0 aliphatic carbocycles. The van der Waals surface area contributed by atoms with E-state index in [9.17, 15) is 0 Å². The molecule has 3 N–H and O–H groups in total. The summed E-state index contributed by atoms with van der Waals surface area (Å²) < 4.78 is 0. The van der Waals surface area contributed by atoms with Crippen LogP contribution in [-0.4, -0.2) is 4.98 Å². The Morgan fingerprint density at radius 2 is 2.36 bits per heavy atom. The molecule has 1 aromatic rings. The molecule has 0 aromatic carbocycles. The Morgan fingerprint density at radius 1 is 1.64 bits per heavy atom. The molecule has 0 aliphatic rings. The third-order valence-electron chi connectivity index (χ3n) is 1.49. The zero-order valence-corrected chi connectivity index (χ0v) is 6.46. The van der Waals surface area contributed by atoms with E-state index in [1.165, 1.54) is 0 Å². The summed E-state index contributed by atoms with van der Waals surface area (Å²) in [6.07, 6.45) is 1.77. The summed E-state index contributed by atoms with van der Waals surface area (Å²) in [5, 5.41) is 0. The van der Waals surface area contributed by atoms with Crippen LogP contribution < -0.4 is 11.3 Å². The molecular formula is C8H11N3. The van der Waals surface area contributed by atoms with Crippen LogP contribution in [0.5, 0.6) is 0 Å². The van der Waals surface area contributed by atoms with E-state index in [0.717, 1.165) is 11.3 Å². The molecule has 0 saturated heterocycles. The van der Waals surface area contributed by atoms with Gasteiger partial charge in [0.1, 0.15) is 5.82 Å². The average Bonchev–Trinajstić information content (AvgIpc) is 2.04. The first-order valence-corrected chi connectivity index (χ1v) is 3.34. The first-order chi connectivity index (χ1) is 5.27.